The van der Waals surface area contributed by atoms with Crippen LogP contribution in [0.2, 0.25) is 0 Å². The highest BCUT2D eigenvalue weighted by Crippen LogP contribution is 2.04. The molecule has 1 fully saturated rings. The number of rotatable bonds is 2. The highest BCUT2D eigenvalue weighted by molar-refractivity contribution is 4.81. The van der Waals surface area contributed by atoms with Crippen LogP contribution in [0.1, 0.15) is 0 Å². The number of nitrogens with one attached hydrogen (secondary N) is 1. The van der Waals surface area contributed by atoms with E-state index in [0.717, 1.165) is 13.1 Å². The Morgan fingerprint density at radius 2 is 2.11 bits per heavy atom. The Morgan fingerprint density at radius 1 is 1.44 bits per heavy atom. The summed E-state index contributed by atoms with van der Waals surface area (Å²) >= 11 is 0. The molecule has 1 heterocycles. The van der Waals surface area contributed by atoms with Gasteiger partial charge in [-0.1, -0.05) is 0 Å². The van der Waals surface area contributed by atoms with E-state index in [1.165, 1.54) is 0 Å². The van der Waals surface area contributed by atoms with Crippen molar-refractivity contribution < 1.29 is 9.57 Å². The van der Waals surface area contributed by atoms with Crippen molar-refractivity contribution >= 4 is 0 Å². The smallest absolute Gasteiger partial charge is 0.118 e. The molecule has 0 radical (unpaired) electrons. The average Bonchev–Trinajstić information content (AvgIpc) is 2.33. The summed E-state index contributed by atoms with van der Waals surface area (Å²) in [7, 11) is 1.66. The molecule has 0 aliphatic carbocycles. The lowest BCUT2D eigenvalue weighted by Crippen LogP contribution is -2.31. The van der Waals surface area contributed by atoms with Crippen LogP contribution in [0.5, 0.6) is 0 Å². The van der Waals surface area contributed by atoms with E-state index in [-0.39, 0.29) is 12.2 Å². The second-order valence-corrected chi connectivity index (χ2v) is 2.11. The Labute approximate surface area is 54.3 Å². The second kappa shape index (κ2) is 3.12. The van der Waals surface area contributed by atoms with Gasteiger partial charge in [-0.3, -0.25) is 4.84 Å². The molecular formula is C5H12N2O2. The van der Waals surface area contributed by atoms with Crippen molar-refractivity contribution in [3.8, 4) is 0 Å². The maximum absolute atomic E-state index is 5.05. The Morgan fingerprint density at radius 3 is 2.56 bits per heavy atom. The van der Waals surface area contributed by atoms with Gasteiger partial charge in [-0.15, -0.1) is 0 Å². The molecule has 0 aromatic rings. The average molecular weight is 132 g/mol. The summed E-state index contributed by atoms with van der Waals surface area (Å²) in [6.45, 7) is 1.62. The summed E-state index contributed by atoms with van der Waals surface area (Å²) < 4.78 is 5.05. The number of hydrogen-bond acceptors (Lipinski definition) is 4. The largest absolute Gasteiger partial charge is 0.377 e. The van der Waals surface area contributed by atoms with Gasteiger partial charge >= 0.3 is 0 Å². The lowest BCUT2D eigenvalue weighted by molar-refractivity contribution is -0.0291. The van der Waals surface area contributed by atoms with Crippen molar-refractivity contribution in [3.63, 3.8) is 0 Å². The van der Waals surface area contributed by atoms with Crippen molar-refractivity contribution in [2.45, 2.75) is 12.2 Å². The third kappa shape index (κ3) is 1.40. The van der Waals surface area contributed by atoms with E-state index in [1.54, 1.807) is 7.11 Å². The highest BCUT2D eigenvalue weighted by atomic mass is 16.6. The minimum atomic E-state index is 0.0231. The van der Waals surface area contributed by atoms with Crippen molar-refractivity contribution in [1.29, 1.82) is 0 Å². The maximum Gasteiger partial charge on any atom is 0.118 e. The molecule has 0 aromatic heterocycles. The summed E-state index contributed by atoms with van der Waals surface area (Å²) in [6.07, 6.45) is 0.144. The van der Waals surface area contributed by atoms with Gasteiger partial charge in [0.2, 0.25) is 0 Å². The van der Waals surface area contributed by atoms with Gasteiger partial charge in [0.05, 0.1) is 6.10 Å². The molecule has 0 saturated carbocycles. The Balaban J connectivity index is 2.32. The molecule has 0 amide bonds. The molecule has 54 valence electrons. The minimum absolute atomic E-state index is 0.0231. The maximum atomic E-state index is 5.05. The first-order chi connectivity index (χ1) is 4.38. The summed E-state index contributed by atoms with van der Waals surface area (Å²) in [6, 6.07) is 0. The summed E-state index contributed by atoms with van der Waals surface area (Å²) in [5.41, 5.74) is 0. The fourth-order valence-electron chi connectivity index (χ4n) is 1.00. The fourth-order valence-corrected chi connectivity index (χ4v) is 1.00. The Kier molecular flexibility index (Phi) is 2.41. The normalized spacial score (nSPS) is 35.3. The molecule has 3 N–H and O–H groups in total. The van der Waals surface area contributed by atoms with E-state index in [9.17, 15) is 0 Å². The number of ether oxygens (including phenoxy) is 1. The molecule has 1 aliphatic rings. The van der Waals surface area contributed by atoms with E-state index in [1.807, 2.05) is 0 Å². The SMILES string of the molecule is COC1CNCC1ON. The molecule has 1 rings (SSSR count). The Hall–Kier alpha value is -0.160. The van der Waals surface area contributed by atoms with Crippen molar-refractivity contribution in [3.05, 3.63) is 0 Å². The van der Waals surface area contributed by atoms with Crippen LogP contribution in [-0.4, -0.2) is 32.4 Å². The van der Waals surface area contributed by atoms with Crippen LogP contribution in [0.15, 0.2) is 0 Å². The second-order valence-electron chi connectivity index (χ2n) is 2.11. The predicted octanol–water partition coefficient (Wildman–Crippen LogP) is -1.14. The summed E-state index contributed by atoms with van der Waals surface area (Å²) in [5.74, 6) is 4.98. The third-order valence-corrected chi connectivity index (χ3v) is 1.58. The van der Waals surface area contributed by atoms with E-state index < -0.39 is 0 Å². The predicted molar refractivity (Wildman–Crippen MR) is 32.7 cm³/mol. The monoisotopic (exact) mass is 132 g/mol. The van der Waals surface area contributed by atoms with Crippen LogP contribution in [0, 0.1) is 0 Å². The van der Waals surface area contributed by atoms with Crippen LogP contribution in [0.3, 0.4) is 0 Å². The van der Waals surface area contributed by atoms with Crippen LogP contribution in [0.4, 0.5) is 0 Å². The standard InChI is InChI=1S/C5H12N2O2/c1-8-4-2-7-3-5(4)9-6/h4-5,7H,2-3,6H2,1H3. The quantitative estimate of drug-likeness (QED) is 0.466. The highest BCUT2D eigenvalue weighted by Gasteiger charge is 2.26. The molecule has 0 bridgehead atoms. The molecule has 1 saturated heterocycles. The zero-order valence-corrected chi connectivity index (χ0v) is 5.46. The van der Waals surface area contributed by atoms with Crippen LogP contribution >= 0.6 is 0 Å². The van der Waals surface area contributed by atoms with Crippen molar-refractivity contribution in [2.75, 3.05) is 20.2 Å². The van der Waals surface area contributed by atoms with Gasteiger partial charge in [0, 0.05) is 20.2 Å². The van der Waals surface area contributed by atoms with Crippen LogP contribution in [0.25, 0.3) is 0 Å². The first-order valence-corrected chi connectivity index (χ1v) is 2.97. The first kappa shape index (κ1) is 6.95. The molecule has 0 spiro atoms. The van der Waals surface area contributed by atoms with Gasteiger partial charge in [-0.05, 0) is 0 Å². The summed E-state index contributed by atoms with van der Waals surface area (Å²) in [5, 5.41) is 3.09. The topological polar surface area (TPSA) is 56.5 Å². The lowest BCUT2D eigenvalue weighted by atomic mass is 10.3. The van der Waals surface area contributed by atoms with E-state index in [0.29, 0.717) is 0 Å². The zero-order chi connectivity index (χ0) is 6.69. The molecular weight excluding hydrogens is 120 g/mol. The Bertz CT molecular complexity index is 79.0. The first-order valence-electron chi connectivity index (χ1n) is 2.97. The number of nitrogens with two attached hydrogens (primary N) is 1. The van der Waals surface area contributed by atoms with Gasteiger partial charge in [0.25, 0.3) is 0 Å². The molecule has 4 nitrogen and oxygen atoms in total. The summed E-state index contributed by atoms with van der Waals surface area (Å²) in [4.78, 5) is 4.63. The molecule has 9 heavy (non-hydrogen) atoms. The van der Waals surface area contributed by atoms with Crippen LogP contribution < -0.4 is 11.2 Å². The van der Waals surface area contributed by atoms with Gasteiger partial charge in [0.1, 0.15) is 6.10 Å². The molecule has 2 unspecified atom stereocenters. The molecule has 0 aromatic carbocycles. The van der Waals surface area contributed by atoms with Gasteiger partial charge in [-0.2, -0.15) is 0 Å². The number of methoxy groups -OCH3 is 1. The van der Waals surface area contributed by atoms with Crippen molar-refractivity contribution in [2.24, 2.45) is 5.90 Å². The van der Waals surface area contributed by atoms with E-state index >= 15 is 0 Å². The molecule has 2 atom stereocenters. The fraction of sp³-hybridized carbons (Fsp3) is 1.00. The van der Waals surface area contributed by atoms with Gasteiger partial charge < -0.3 is 10.1 Å². The third-order valence-electron chi connectivity index (χ3n) is 1.58. The van der Waals surface area contributed by atoms with Gasteiger partial charge in [-0.25, -0.2) is 5.90 Å². The van der Waals surface area contributed by atoms with Crippen molar-refractivity contribution in [1.82, 2.24) is 5.32 Å². The van der Waals surface area contributed by atoms with E-state index in [2.05, 4.69) is 10.2 Å². The lowest BCUT2D eigenvalue weighted by Gasteiger charge is -2.13. The molecule has 1 aliphatic heterocycles. The van der Waals surface area contributed by atoms with Gasteiger partial charge in [0.15, 0.2) is 0 Å². The number of hydrogen-bond donors (Lipinski definition) is 2. The zero-order valence-electron chi connectivity index (χ0n) is 5.46. The minimum Gasteiger partial charge on any atom is -0.377 e. The van der Waals surface area contributed by atoms with E-state index in [4.69, 9.17) is 10.6 Å². The molecule has 4 heteroatoms. The van der Waals surface area contributed by atoms with Crippen LogP contribution in [-0.2, 0) is 9.57 Å².